The summed E-state index contributed by atoms with van der Waals surface area (Å²) >= 11 is 0. The van der Waals surface area contributed by atoms with E-state index in [-0.39, 0.29) is 18.5 Å². The highest BCUT2D eigenvalue weighted by molar-refractivity contribution is 5.35. The number of aliphatic hydroxyl groups excluding tert-OH is 1. The first kappa shape index (κ1) is 15.9. The van der Waals surface area contributed by atoms with E-state index in [4.69, 9.17) is 9.84 Å². The van der Waals surface area contributed by atoms with Crippen LogP contribution >= 0.6 is 0 Å². The fraction of sp³-hybridized carbons (Fsp3) is 0.571. The average Bonchev–Trinajstić information content (AvgIpc) is 2.42. The predicted molar refractivity (Wildman–Crippen MR) is 68.9 cm³/mol. The zero-order chi connectivity index (χ0) is 13.3. The van der Waals surface area contributed by atoms with Gasteiger partial charge in [-0.2, -0.15) is 0 Å². The fourth-order valence-electron chi connectivity index (χ4n) is 1.54. The molecule has 0 spiro atoms. The van der Waals surface area contributed by atoms with Crippen LogP contribution in [0.4, 0.5) is 4.39 Å². The summed E-state index contributed by atoms with van der Waals surface area (Å²) in [6.45, 7) is 8.02. The van der Waals surface area contributed by atoms with Gasteiger partial charge < -0.3 is 9.84 Å². The molecule has 2 rings (SSSR count). The highest BCUT2D eigenvalue weighted by Crippen LogP contribution is 2.27. The zero-order valence-corrected chi connectivity index (χ0v) is 11.2. The second kappa shape index (κ2) is 8.99. The van der Waals surface area contributed by atoms with Crippen molar-refractivity contribution in [3.05, 3.63) is 29.6 Å². The first-order valence-corrected chi connectivity index (χ1v) is 6.35. The normalized spacial score (nSPS) is 16.5. The first-order valence-electron chi connectivity index (χ1n) is 6.35. The average molecular weight is 242 g/mol. The van der Waals surface area contributed by atoms with Gasteiger partial charge in [-0.15, -0.1) is 0 Å². The minimum atomic E-state index is -0.232. The SMILES string of the molecule is CC.CC.OCC1CCc2cc(F)ccc2O1. The molecule has 2 nitrogen and oxygen atoms in total. The molecule has 1 atom stereocenters. The van der Waals surface area contributed by atoms with Gasteiger partial charge in [-0.3, -0.25) is 0 Å². The Balaban J connectivity index is 0.000000581. The molecule has 98 valence electrons. The van der Waals surface area contributed by atoms with Gasteiger partial charge in [0.1, 0.15) is 17.7 Å². The molecule has 1 aromatic carbocycles. The molecule has 1 aromatic rings. The number of aliphatic hydroxyl groups is 1. The Morgan fingerprint density at radius 2 is 1.94 bits per heavy atom. The minimum absolute atomic E-state index is 0.0246. The summed E-state index contributed by atoms with van der Waals surface area (Å²) in [5, 5.41) is 8.87. The predicted octanol–water partition coefficient (Wildman–Crippen LogP) is 3.56. The smallest absolute Gasteiger partial charge is 0.123 e. The molecule has 1 aliphatic rings. The quantitative estimate of drug-likeness (QED) is 0.816. The lowest BCUT2D eigenvalue weighted by Crippen LogP contribution is -2.26. The third-order valence-electron chi connectivity index (χ3n) is 2.26. The molecule has 17 heavy (non-hydrogen) atoms. The Labute approximate surface area is 103 Å². The highest BCUT2D eigenvalue weighted by atomic mass is 19.1. The molecule has 0 bridgehead atoms. The molecule has 1 aliphatic heterocycles. The van der Waals surface area contributed by atoms with E-state index in [0.717, 1.165) is 18.4 Å². The molecule has 0 radical (unpaired) electrons. The van der Waals surface area contributed by atoms with Crippen LogP contribution in [0.2, 0.25) is 0 Å². The van der Waals surface area contributed by atoms with Gasteiger partial charge in [0.15, 0.2) is 0 Å². The van der Waals surface area contributed by atoms with Crippen molar-refractivity contribution in [2.24, 2.45) is 0 Å². The summed E-state index contributed by atoms with van der Waals surface area (Å²) in [4.78, 5) is 0. The largest absolute Gasteiger partial charge is 0.488 e. The molecule has 3 heteroatoms. The maximum absolute atomic E-state index is 12.8. The van der Waals surface area contributed by atoms with Crippen LogP contribution in [0.25, 0.3) is 0 Å². The molecule has 0 saturated heterocycles. The monoisotopic (exact) mass is 242 g/mol. The molecular formula is C14H23FO2. The number of fused-ring (bicyclic) bond motifs is 1. The lowest BCUT2D eigenvalue weighted by Gasteiger charge is -2.24. The number of hydrogen-bond acceptors (Lipinski definition) is 2. The fourth-order valence-corrected chi connectivity index (χ4v) is 1.54. The van der Waals surface area contributed by atoms with E-state index in [1.165, 1.54) is 12.1 Å². The number of hydrogen-bond donors (Lipinski definition) is 1. The van der Waals surface area contributed by atoms with Crippen molar-refractivity contribution in [3.63, 3.8) is 0 Å². The molecule has 0 fully saturated rings. The number of rotatable bonds is 1. The molecule has 1 heterocycles. The van der Waals surface area contributed by atoms with Gasteiger partial charge >= 0.3 is 0 Å². The molecule has 0 aliphatic carbocycles. The van der Waals surface area contributed by atoms with Crippen LogP contribution in [-0.2, 0) is 6.42 Å². The lowest BCUT2D eigenvalue weighted by atomic mass is 10.0. The summed E-state index contributed by atoms with van der Waals surface area (Å²) in [6, 6.07) is 4.48. The van der Waals surface area contributed by atoms with E-state index in [9.17, 15) is 4.39 Å². The standard InChI is InChI=1S/C10H11FO2.2C2H6/c11-8-2-4-10-7(5-8)1-3-9(6-12)13-10;2*1-2/h2,4-5,9,12H,1,3,6H2;2*1-2H3. The van der Waals surface area contributed by atoms with E-state index >= 15 is 0 Å². The summed E-state index contributed by atoms with van der Waals surface area (Å²) in [5.74, 6) is 0.469. The molecule has 0 amide bonds. The zero-order valence-electron chi connectivity index (χ0n) is 11.2. The van der Waals surface area contributed by atoms with Crippen LogP contribution in [0.3, 0.4) is 0 Å². The van der Waals surface area contributed by atoms with Crippen LogP contribution in [0.5, 0.6) is 5.75 Å². The summed E-state index contributed by atoms with van der Waals surface area (Å²) in [7, 11) is 0. The van der Waals surface area contributed by atoms with Crippen molar-refractivity contribution in [1.82, 2.24) is 0 Å². The number of aryl methyl sites for hydroxylation is 1. The molecule has 0 aromatic heterocycles. The Morgan fingerprint density at radius 1 is 1.29 bits per heavy atom. The Bertz CT molecular complexity index is 313. The van der Waals surface area contributed by atoms with Crippen LogP contribution < -0.4 is 4.74 Å². The van der Waals surface area contributed by atoms with E-state index < -0.39 is 0 Å². The topological polar surface area (TPSA) is 29.5 Å². The minimum Gasteiger partial charge on any atom is -0.488 e. The summed E-state index contributed by atoms with van der Waals surface area (Å²) < 4.78 is 18.2. The third-order valence-corrected chi connectivity index (χ3v) is 2.26. The Kier molecular flexibility index (Phi) is 8.42. The first-order chi connectivity index (χ1) is 8.29. The van der Waals surface area contributed by atoms with Crippen LogP contribution in [0, 0.1) is 5.82 Å². The Morgan fingerprint density at radius 3 is 2.53 bits per heavy atom. The lowest BCUT2D eigenvalue weighted by molar-refractivity contribution is 0.0976. The number of halogens is 1. The second-order valence-corrected chi connectivity index (χ2v) is 3.21. The van der Waals surface area contributed by atoms with Crippen molar-refractivity contribution in [2.75, 3.05) is 6.61 Å². The van der Waals surface area contributed by atoms with Gasteiger partial charge in [0.25, 0.3) is 0 Å². The van der Waals surface area contributed by atoms with Crippen molar-refractivity contribution in [1.29, 1.82) is 0 Å². The van der Waals surface area contributed by atoms with Crippen LogP contribution in [0.1, 0.15) is 39.7 Å². The van der Waals surface area contributed by atoms with Crippen molar-refractivity contribution in [2.45, 2.75) is 46.6 Å². The third kappa shape index (κ3) is 4.73. The van der Waals surface area contributed by atoms with Crippen molar-refractivity contribution < 1.29 is 14.2 Å². The summed E-state index contributed by atoms with van der Waals surface area (Å²) in [5.41, 5.74) is 0.893. The Hall–Kier alpha value is -1.09. The van der Waals surface area contributed by atoms with E-state index in [1.807, 2.05) is 27.7 Å². The van der Waals surface area contributed by atoms with Crippen molar-refractivity contribution >= 4 is 0 Å². The second-order valence-electron chi connectivity index (χ2n) is 3.21. The van der Waals surface area contributed by atoms with Gasteiger partial charge in [-0.25, -0.2) is 4.39 Å². The van der Waals surface area contributed by atoms with E-state index in [1.54, 1.807) is 6.07 Å². The maximum atomic E-state index is 12.8. The molecule has 0 saturated carbocycles. The van der Waals surface area contributed by atoms with Crippen molar-refractivity contribution in [3.8, 4) is 5.75 Å². The van der Waals surface area contributed by atoms with Gasteiger partial charge in [-0.1, -0.05) is 27.7 Å². The van der Waals surface area contributed by atoms with Gasteiger partial charge in [0.05, 0.1) is 6.61 Å². The highest BCUT2D eigenvalue weighted by Gasteiger charge is 2.18. The molecule has 1 N–H and O–H groups in total. The molecular weight excluding hydrogens is 219 g/mol. The van der Waals surface area contributed by atoms with E-state index in [0.29, 0.717) is 5.75 Å². The van der Waals surface area contributed by atoms with Gasteiger partial charge in [0, 0.05) is 0 Å². The van der Waals surface area contributed by atoms with Crippen LogP contribution in [-0.4, -0.2) is 17.8 Å². The number of benzene rings is 1. The van der Waals surface area contributed by atoms with Gasteiger partial charge in [0.2, 0.25) is 0 Å². The van der Waals surface area contributed by atoms with Gasteiger partial charge in [-0.05, 0) is 36.6 Å². The summed E-state index contributed by atoms with van der Waals surface area (Å²) in [6.07, 6.45) is 1.41. The maximum Gasteiger partial charge on any atom is 0.123 e. The van der Waals surface area contributed by atoms with Crippen LogP contribution in [0.15, 0.2) is 18.2 Å². The number of ether oxygens (including phenoxy) is 1. The molecule has 1 unspecified atom stereocenters. The van der Waals surface area contributed by atoms with E-state index in [2.05, 4.69) is 0 Å².